The largest absolute Gasteiger partial charge is 0.383 e. The van der Waals surface area contributed by atoms with Crippen LogP contribution in [0.15, 0.2) is 23.1 Å². The highest BCUT2D eigenvalue weighted by Crippen LogP contribution is 2.34. The molecule has 20 heavy (non-hydrogen) atoms. The Labute approximate surface area is 121 Å². The standard InChI is InChI=1S/C11H15N3O4S2/c1-12-9-3-2-4-10(11(9)14(15)16)20(17,18)13-5-7-19-8-6-13/h2-4,12H,5-8H2,1H3. The van der Waals surface area contributed by atoms with Gasteiger partial charge in [0, 0.05) is 31.6 Å². The van der Waals surface area contributed by atoms with Crippen LogP contribution in [0, 0.1) is 10.1 Å². The number of nitro groups is 1. The van der Waals surface area contributed by atoms with Gasteiger partial charge in [-0.1, -0.05) is 6.07 Å². The third kappa shape index (κ3) is 2.74. The van der Waals surface area contributed by atoms with Crippen molar-refractivity contribution in [1.82, 2.24) is 4.31 Å². The normalized spacial score (nSPS) is 16.9. The van der Waals surface area contributed by atoms with E-state index in [1.54, 1.807) is 11.8 Å². The molecular formula is C11H15N3O4S2. The predicted octanol–water partition coefficient (Wildman–Crippen LogP) is 1.37. The fraction of sp³-hybridized carbons (Fsp3) is 0.455. The van der Waals surface area contributed by atoms with Crippen LogP contribution in [0.2, 0.25) is 0 Å². The Morgan fingerprint density at radius 2 is 2.00 bits per heavy atom. The van der Waals surface area contributed by atoms with Crippen LogP contribution in [-0.4, -0.2) is 49.3 Å². The van der Waals surface area contributed by atoms with Crippen LogP contribution in [0.4, 0.5) is 11.4 Å². The average molecular weight is 317 g/mol. The molecule has 110 valence electrons. The lowest BCUT2D eigenvalue weighted by molar-refractivity contribution is -0.386. The Balaban J connectivity index is 2.53. The molecule has 0 atom stereocenters. The molecule has 1 saturated heterocycles. The lowest BCUT2D eigenvalue weighted by Crippen LogP contribution is -2.38. The van der Waals surface area contributed by atoms with Gasteiger partial charge in [-0.3, -0.25) is 10.1 Å². The van der Waals surface area contributed by atoms with Crippen molar-refractivity contribution in [2.75, 3.05) is 37.0 Å². The molecule has 1 fully saturated rings. The molecule has 0 radical (unpaired) electrons. The van der Waals surface area contributed by atoms with Crippen molar-refractivity contribution in [3.05, 3.63) is 28.3 Å². The van der Waals surface area contributed by atoms with Gasteiger partial charge in [0.15, 0.2) is 4.90 Å². The number of nitrogens with one attached hydrogen (secondary N) is 1. The van der Waals surface area contributed by atoms with Crippen LogP contribution in [-0.2, 0) is 10.0 Å². The summed E-state index contributed by atoms with van der Waals surface area (Å²) in [6, 6.07) is 4.28. The topological polar surface area (TPSA) is 92.6 Å². The minimum absolute atomic E-state index is 0.197. The summed E-state index contributed by atoms with van der Waals surface area (Å²) in [6.07, 6.45) is 0. The van der Waals surface area contributed by atoms with Gasteiger partial charge in [-0.05, 0) is 12.1 Å². The van der Waals surface area contributed by atoms with Gasteiger partial charge >= 0.3 is 5.69 Å². The zero-order valence-electron chi connectivity index (χ0n) is 10.9. The first kappa shape index (κ1) is 15.1. The van der Waals surface area contributed by atoms with Crippen LogP contribution in [0.5, 0.6) is 0 Å². The molecule has 0 amide bonds. The molecule has 1 aromatic rings. The van der Waals surface area contributed by atoms with Crippen molar-refractivity contribution in [1.29, 1.82) is 0 Å². The van der Waals surface area contributed by atoms with E-state index in [2.05, 4.69) is 5.32 Å². The molecular weight excluding hydrogens is 302 g/mol. The number of hydrogen-bond donors (Lipinski definition) is 1. The van der Waals surface area contributed by atoms with Gasteiger partial charge < -0.3 is 5.32 Å². The summed E-state index contributed by atoms with van der Waals surface area (Å²) in [5.74, 6) is 1.41. The molecule has 9 heteroatoms. The minimum Gasteiger partial charge on any atom is -0.383 e. The van der Waals surface area contributed by atoms with Crippen LogP contribution in [0.1, 0.15) is 0 Å². The Morgan fingerprint density at radius 1 is 1.35 bits per heavy atom. The van der Waals surface area contributed by atoms with E-state index in [-0.39, 0.29) is 10.6 Å². The van der Waals surface area contributed by atoms with Gasteiger partial charge in [0.1, 0.15) is 5.69 Å². The fourth-order valence-corrected chi connectivity index (χ4v) is 4.80. The molecule has 1 aliphatic heterocycles. The number of sulfonamides is 1. The number of benzene rings is 1. The van der Waals surface area contributed by atoms with Crippen molar-refractivity contribution in [3.8, 4) is 0 Å². The van der Waals surface area contributed by atoms with Gasteiger partial charge in [0.25, 0.3) is 0 Å². The summed E-state index contributed by atoms with van der Waals surface area (Å²) in [6.45, 7) is 0.766. The van der Waals surface area contributed by atoms with E-state index < -0.39 is 20.6 Å². The number of para-hydroxylation sites is 1. The van der Waals surface area contributed by atoms with Gasteiger partial charge in [-0.15, -0.1) is 0 Å². The fourth-order valence-electron chi connectivity index (χ4n) is 2.05. The zero-order chi connectivity index (χ0) is 14.8. The first-order valence-corrected chi connectivity index (χ1v) is 8.61. The number of nitrogens with zero attached hydrogens (tertiary/aromatic N) is 2. The third-order valence-corrected chi connectivity index (χ3v) is 5.91. The monoisotopic (exact) mass is 317 g/mol. The highest BCUT2D eigenvalue weighted by Gasteiger charge is 2.34. The Morgan fingerprint density at radius 3 is 2.55 bits per heavy atom. The maximum atomic E-state index is 12.6. The molecule has 7 nitrogen and oxygen atoms in total. The number of anilines is 1. The summed E-state index contributed by atoms with van der Waals surface area (Å²) in [5.41, 5.74) is -0.198. The first-order chi connectivity index (χ1) is 9.48. The lowest BCUT2D eigenvalue weighted by atomic mass is 10.3. The molecule has 2 rings (SSSR count). The van der Waals surface area contributed by atoms with Gasteiger partial charge in [0.2, 0.25) is 10.0 Å². The Hall–Kier alpha value is -1.32. The van der Waals surface area contributed by atoms with E-state index in [0.29, 0.717) is 24.6 Å². The molecule has 1 heterocycles. The van der Waals surface area contributed by atoms with E-state index in [9.17, 15) is 18.5 Å². The SMILES string of the molecule is CNc1cccc(S(=O)(=O)N2CCSCC2)c1[N+](=O)[O-]. The van der Waals surface area contributed by atoms with Crippen molar-refractivity contribution in [2.24, 2.45) is 0 Å². The molecule has 0 saturated carbocycles. The summed E-state index contributed by atoms with van der Waals surface area (Å²) in [7, 11) is -2.31. The Kier molecular flexibility index (Phi) is 4.51. The van der Waals surface area contributed by atoms with Crippen LogP contribution in [0.25, 0.3) is 0 Å². The molecule has 0 aromatic heterocycles. The predicted molar refractivity (Wildman–Crippen MR) is 78.7 cm³/mol. The molecule has 0 aliphatic carbocycles. The highest BCUT2D eigenvalue weighted by atomic mass is 32.2. The summed E-state index contributed by atoms with van der Waals surface area (Å²) in [5, 5.41) is 13.9. The van der Waals surface area contributed by atoms with E-state index in [4.69, 9.17) is 0 Å². The molecule has 1 N–H and O–H groups in total. The second-order valence-corrected chi connectivity index (χ2v) is 7.31. The molecule has 1 aromatic carbocycles. The molecule has 0 spiro atoms. The minimum atomic E-state index is -3.83. The van der Waals surface area contributed by atoms with Crippen molar-refractivity contribution in [3.63, 3.8) is 0 Å². The molecule has 0 unspecified atom stereocenters. The maximum absolute atomic E-state index is 12.6. The van der Waals surface area contributed by atoms with Crippen molar-refractivity contribution in [2.45, 2.75) is 4.90 Å². The van der Waals surface area contributed by atoms with Gasteiger partial charge in [-0.25, -0.2) is 8.42 Å². The molecule has 1 aliphatic rings. The van der Waals surface area contributed by atoms with Crippen molar-refractivity contribution >= 4 is 33.2 Å². The van der Waals surface area contributed by atoms with E-state index in [0.717, 1.165) is 0 Å². The van der Waals surface area contributed by atoms with Crippen LogP contribution >= 0.6 is 11.8 Å². The number of hydrogen-bond acceptors (Lipinski definition) is 6. The van der Waals surface area contributed by atoms with Crippen molar-refractivity contribution < 1.29 is 13.3 Å². The number of rotatable bonds is 4. The second-order valence-electron chi connectivity index (χ2n) is 4.18. The third-order valence-electron chi connectivity index (χ3n) is 3.04. The average Bonchev–Trinajstić information content (AvgIpc) is 2.47. The van der Waals surface area contributed by atoms with Gasteiger partial charge in [0.05, 0.1) is 4.92 Å². The van der Waals surface area contributed by atoms with E-state index >= 15 is 0 Å². The zero-order valence-corrected chi connectivity index (χ0v) is 12.5. The Bertz CT molecular complexity index is 612. The summed E-state index contributed by atoms with van der Waals surface area (Å²) >= 11 is 1.68. The quantitative estimate of drug-likeness (QED) is 0.666. The van der Waals surface area contributed by atoms with Crippen LogP contribution < -0.4 is 5.32 Å². The first-order valence-electron chi connectivity index (χ1n) is 6.01. The van der Waals surface area contributed by atoms with Gasteiger partial charge in [-0.2, -0.15) is 16.1 Å². The second kappa shape index (κ2) is 5.98. The molecule has 0 bridgehead atoms. The van der Waals surface area contributed by atoms with Crippen LogP contribution in [0.3, 0.4) is 0 Å². The number of thioether (sulfide) groups is 1. The summed E-state index contributed by atoms with van der Waals surface area (Å²) < 4.78 is 26.4. The lowest BCUT2D eigenvalue weighted by Gasteiger charge is -2.25. The number of nitro benzene ring substituents is 1. The van der Waals surface area contributed by atoms with E-state index in [1.807, 2.05) is 0 Å². The summed E-state index contributed by atoms with van der Waals surface area (Å²) in [4.78, 5) is 10.3. The van der Waals surface area contributed by atoms with E-state index in [1.165, 1.54) is 29.6 Å². The highest BCUT2D eigenvalue weighted by molar-refractivity contribution is 7.99. The maximum Gasteiger partial charge on any atom is 0.312 e. The smallest absolute Gasteiger partial charge is 0.312 e.